The first-order valence-electron chi connectivity index (χ1n) is 9.46. The topological polar surface area (TPSA) is 53.6 Å². The number of rotatable bonds is 6. The number of H-pyrrole nitrogens is 1. The van der Waals surface area contributed by atoms with Crippen molar-refractivity contribution in [1.82, 2.24) is 19.8 Å². The van der Waals surface area contributed by atoms with Crippen LogP contribution in [0.25, 0.3) is 0 Å². The summed E-state index contributed by atoms with van der Waals surface area (Å²) in [4.78, 5) is 12.7. The second-order valence-electron chi connectivity index (χ2n) is 7.22. The van der Waals surface area contributed by atoms with E-state index in [1.54, 1.807) is 7.11 Å². The smallest absolute Gasteiger partial charge is 0.123 e. The minimum atomic E-state index is 0.269. The van der Waals surface area contributed by atoms with Gasteiger partial charge in [0.1, 0.15) is 5.82 Å². The molecule has 2 aromatic rings. The van der Waals surface area contributed by atoms with Crippen LogP contribution in [-0.2, 0) is 22.6 Å². The Kier molecular flexibility index (Phi) is 5.65. The number of methoxy groups -OCH3 is 1. The van der Waals surface area contributed by atoms with E-state index in [0.29, 0.717) is 6.04 Å². The maximum absolute atomic E-state index is 5.61. The third-order valence-electron chi connectivity index (χ3n) is 5.45. The Morgan fingerprint density at radius 2 is 1.88 bits per heavy atom. The van der Waals surface area contributed by atoms with Gasteiger partial charge in [0.25, 0.3) is 0 Å². The van der Waals surface area contributed by atoms with Gasteiger partial charge in [-0.25, -0.2) is 4.98 Å². The predicted octanol–water partition coefficient (Wildman–Crippen LogP) is 2.20. The average molecular weight is 356 g/mol. The molecule has 2 aliphatic rings. The third-order valence-corrected chi connectivity index (χ3v) is 5.45. The first-order chi connectivity index (χ1) is 12.8. The monoisotopic (exact) mass is 356 g/mol. The summed E-state index contributed by atoms with van der Waals surface area (Å²) in [5.41, 5.74) is 2.71. The Bertz CT molecular complexity index is 668. The number of likely N-dealkylation sites (tertiary alicyclic amines) is 1. The van der Waals surface area contributed by atoms with E-state index in [2.05, 4.69) is 44.0 Å². The highest BCUT2D eigenvalue weighted by Crippen LogP contribution is 2.32. The number of aromatic nitrogens is 2. The lowest BCUT2D eigenvalue weighted by Gasteiger charge is -2.26. The molecule has 1 aromatic heterocycles. The van der Waals surface area contributed by atoms with E-state index < -0.39 is 0 Å². The number of aromatic amines is 1. The van der Waals surface area contributed by atoms with Crippen molar-refractivity contribution in [3.05, 3.63) is 53.6 Å². The Hall–Kier alpha value is -1.73. The molecule has 2 atom stereocenters. The van der Waals surface area contributed by atoms with Crippen molar-refractivity contribution in [3.63, 3.8) is 0 Å². The molecule has 1 N–H and O–H groups in total. The second-order valence-corrected chi connectivity index (χ2v) is 7.22. The Morgan fingerprint density at radius 1 is 1.15 bits per heavy atom. The molecule has 140 valence electrons. The molecule has 0 radical (unpaired) electrons. The van der Waals surface area contributed by atoms with Crippen molar-refractivity contribution in [1.29, 1.82) is 0 Å². The van der Waals surface area contributed by atoms with E-state index in [0.717, 1.165) is 58.2 Å². The fraction of sp³-hybridized carbons (Fsp3) is 0.550. The molecule has 6 nitrogen and oxygen atoms in total. The van der Waals surface area contributed by atoms with E-state index in [-0.39, 0.29) is 6.10 Å². The molecule has 0 spiro atoms. The van der Waals surface area contributed by atoms with Crippen molar-refractivity contribution in [2.24, 2.45) is 0 Å². The maximum atomic E-state index is 5.61. The SMILES string of the molecule is CO[C@@H]1CC(c2ncc[nH]2)N(Cc2ccc(CN3CCOCC3)cc2)C1. The number of imidazole rings is 1. The molecule has 0 bridgehead atoms. The summed E-state index contributed by atoms with van der Waals surface area (Å²) in [6.07, 6.45) is 4.98. The van der Waals surface area contributed by atoms with Crippen LogP contribution >= 0.6 is 0 Å². The maximum Gasteiger partial charge on any atom is 0.123 e. The van der Waals surface area contributed by atoms with Gasteiger partial charge < -0.3 is 14.5 Å². The van der Waals surface area contributed by atoms with Crippen LogP contribution in [0.15, 0.2) is 36.7 Å². The Labute approximate surface area is 155 Å². The highest BCUT2D eigenvalue weighted by molar-refractivity contribution is 5.23. The number of benzene rings is 1. The zero-order valence-electron chi connectivity index (χ0n) is 15.4. The molecule has 1 unspecified atom stereocenters. The molecule has 2 saturated heterocycles. The largest absolute Gasteiger partial charge is 0.380 e. The van der Waals surface area contributed by atoms with E-state index in [4.69, 9.17) is 9.47 Å². The van der Waals surface area contributed by atoms with Crippen LogP contribution in [0.4, 0.5) is 0 Å². The van der Waals surface area contributed by atoms with Crippen LogP contribution < -0.4 is 0 Å². The minimum Gasteiger partial charge on any atom is -0.380 e. The van der Waals surface area contributed by atoms with Crippen molar-refractivity contribution < 1.29 is 9.47 Å². The lowest BCUT2D eigenvalue weighted by atomic mass is 10.1. The Balaban J connectivity index is 1.39. The molecular weight excluding hydrogens is 328 g/mol. The average Bonchev–Trinajstić information content (AvgIpc) is 3.34. The molecule has 6 heteroatoms. The highest BCUT2D eigenvalue weighted by Gasteiger charge is 2.34. The van der Waals surface area contributed by atoms with Gasteiger partial charge in [-0.05, 0) is 17.5 Å². The van der Waals surface area contributed by atoms with Gasteiger partial charge in [-0.15, -0.1) is 0 Å². The molecule has 3 heterocycles. The predicted molar refractivity (Wildman–Crippen MR) is 99.7 cm³/mol. The summed E-state index contributed by atoms with van der Waals surface area (Å²) in [7, 11) is 1.80. The van der Waals surface area contributed by atoms with Gasteiger partial charge in [-0.3, -0.25) is 9.80 Å². The van der Waals surface area contributed by atoms with Crippen molar-refractivity contribution >= 4 is 0 Å². The van der Waals surface area contributed by atoms with Crippen LogP contribution in [-0.4, -0.2) is 65.8 Å². The van der Waals surface area contributed by atoms with Crippen LogP contribution in [0.3, 0.4) is 0 Å². The standard InChI is InChI=1S/C20H28N4O2/c1-25-18-12-19(20-21-6-7-22-20)24(15-18)14-17-4-2-16(3-5-17)13-23-8-10-26-11-9-23/h2-7,18-19H,8-15H2,1H3,(H,21,22)/t18-,19?/m1/s1. The Morgan fingerprint density at radius 3 is 2.54 bits per heavy atom. The summed E-state index contributed by atoms with van der Waals surface area (Å²) in [5.74, 6) is 1.04. The number of hydrogen-bond donors (Lipinski definition) is 1. The van der Waals surface area contributed by atoms with Crippen molar-refractivity contribution in [2.45, 2.75) is 31.7 Å². The van der Waals surface area contributed by atoms with Crippen molar-refractivity contribution in [2.75, 3.05) is 40.0 Å². The number of nitrogens with zero attached hydrogens (tertiary/aromatic N) is 3. The summed E-state index contributed by atoms with van der Waals surface area (Å²) in [6.45, 7) is 6.62. The van der Waals surface area contributed by atoms with E-state index in [1.807, 2.05) is 12.4 Å². The second kappa shape index (κ2) is 8.31. The highest BCUT2D eigenvalue weighted by atomic mass is 16.5. The van der Waals surface area contributed by atoms with Crippen LogP contribution in [0.1, 0.15) is 29.4 Å². The third kappa shape index (κ3) is 4.15. The van der Waals surface area contributed by atoms with Gasteiger partial charge in [0.2, 0.25) is 0 Å². The quantitative estimate of drug-likeness (QED) is 0.860. The normalized spacial score (nSPS) is 25.0. The fourth-order valence-electron chi connectivity index (χ4n) is 3.95. The molecule has 0 aliphatic carbocycles. The van der Waals surface area contributed by atoms with Gasteiger partial charge in [0.05, 0.1) is 25.4 Å². The summed E-state index contributed by atoms with van der Waals surface area (Å²) in [5, 5.41) is 0. The first kappa shape index (κ1) is 17.7. The first-order valence-corrected chi connectivity index (χ1v) is 9.46. The van der Waals surface area contributed by atoms with Gasteiger partial charge in [0.15, 0.2) is 0 Å². The lowest BCUT2D eigenvalue weighted by Crippen LogP contribution is -2.35. The van der Waals surface area contributed by atoms with Crippen molar-refractivity contribution in [3.8, 4) is 0 Å². The molecule has 2 aliphatic heterocycles. The van der Waals surface area contributed by atoms with Crippen LogP contribution in [0, 0.1) is 0 Å². The minimum absolute atomic E-state index is 0.269. The number of nitrogens with one attached hydrogen (secondary N) is 1. The summed E-state index contributed by atoms with van der Waals surface area (Å²) in [6, 6.07) is 9.33. The lowest BCUT2D eigenvalue weighted by molar-refractivity contribution is 0.0342. The summed E-state index contributed by atoms with van der Waals surface area (Å²) < 4.78 is 11.0. The van der Waals surface area contributed by atoms with E-state index in [9.17, 15) is 0 Å². The van der Waals surface area contributed by atoms with Gasteiger partial charge in [-0.1, -0.05) is 24.3 Å². The molecule has 2 fully saturated rings. The molecule has 0 amide bonds. The van der Waals surface area contributed by atoms with Crippen LogP contribution in [0.5, 0.6) is 0 Å². The van der Waals surface area contributed by atoms with Gasteiger partial charge in [0, 0.05) is 52.2 Å². The molecule has 0 saturated carbocycles. The molecular formula is C20H28N4O2. The molecule has 26 heavy (non-hydrogen) atoms. The molecule has 4 rings (SSSR count). The van der Waals surface area contributed by atoms with E-state index in [1.165, 1.54) is 11.1 Å². The van der Waals surface area contributed by atoms with E-state index >= 15 is 0 Å². The molecule has 1 aromatic carbocycles. The van der Waals surface area contributed by atoms with Gasteiger partial charge in [-0.2, -0.15) is 0 Å². The van der Waals surface area contributed by atoms with Gasteiger partial charge >= 0.3 is 0 Å². The zero-order valence-corrected chi connectivity index (χ0v) is 15.4. The fourth-order valence-corrected chi connectivity index (χ4v) is 3.95. The number of morpholine rings is 1. The number of hydrogen-bond acceptors (Lipinski definition) is 5. The zero-order chi connectivity index (χ0) is 17.8. The van der Waals surface area contributed by atoms with Crippen LogP contribution in [0.2, 0.25) is 0 Å². The summed E-state index contributed by atoms with van der Waals surface area (Å²) >= 11 is 0. The number of ether oxygens (including phenoxy) is 2.